The summed E-state index contributed by atoms with van der Waals surface area (Å²) < 4.78 is 12.6. The molecule has 3 nitrogen and oxygen atoms in total. The van der Waals surface area contributed by atoms with E-state index in [4.69, 9.17) is 0 Å². The van der Waals surface area contributed by atoms with Crippen LogP contribution < -0.4 is 10.9 Å². The summed E-state index contributed by atoms with van der Waals surface area (Å²) in [7, 11) is 0. The predicted molar refractivity (Wildman–Crippen MR) is 39.6 cm³/mol. The van der Waals surface area contributed by atoms with Crippen molar-refractivity contribution >= 4 is 11.7 Å². The minimum atomic E-state index is -1.11. The lowest BCUT2D eigenvalue weighted by atomic mass is 10.3. The highest BCUT2D eigenvalue weighted by Crippen LogP contribution is 2.12. The molecule has 0 saturated carbocycles. The fourth-order valence-corrected chi connectivity index (χ4v) is 0.686. The number of nitrogens with zero attached hydrogens (tertiary/aromatic N) is 1. The molecule has 0 aromatic heterocycles. The molecule has 1 aromatic rings. The molecular weight excluding hydrogens is 147 g/mol. The highest BCUT2D eigenvalue weighted by atomic mass is 19.2. The van der Waals surface area contributed by atoms with Crippen molar-refractivity contribution in [1.29, 1.82) is 0 Å². The lowest BCUT2D eigenvalue weighted by Gasteiger charge is -2.06. The van der Waals surface area contributed by atoms with E-state index < -0.39 is 6.03 Å². The molecule has 2 amide bonds. The Labute approximate surface area is 63.2 Å². The zero-order chi connectivity index (χ0) is 8.27. The summed E-state index contributed by atoms with van der Waals surface area (Å²) in [5, 5.41) is -0.111. The minimum Gasteiger partial charge on any atom is -0.349 e. The van der Waals surface area contributed by atoms with Crippen LogP contribution in [0, 0.1) is 0 Å². The molecule has 2 N–H and O–H groups in total. The van der Waals surface area contributed by atoms with Crippen LogP contribution in [0.5, 0.6) is 0 Å². The van der Waals surface area contributed by atoms with Gasteiger partial charge in [-0.25, -0.2) is 4.79 Å². The SMILES string of the molecule is NC(=O)N(F)c1ccccc1. The van der Waals surface area contributed by atoms with Crippen molar-refractivity contribution in [2.45, 2.75) is 0 Å². The molecule has 1 aromatic carbocycles. The number of urea groups is 1. The Bertz CT molecular complexity index is 250. The Kier molecular flexibility index (Phi) is 2.06. The Balaban J connectivity index is 2.85. The summed E-state index contributed by atoms with van der Waals surface area (Å²) in [6, 6.07) is 6.74. The van der Waals surface area contributed by atoms with Crippen LogP contribution in [-0.4, -0.2) is 6.03 Å². The predicted octanol–water partition coefficient (Wildman–Crippen LogP) is 1.46. The number of hydrogen-bond donors (Lipinski definition) is 1. The second-order valence-corrected chi connectivity index (χ2v) is 1.95. The summed E-state index contributed by atoms with van der Waals surface area (Å²) >= 11 is 0. The van der Waals surface area contributed by atoms with Crippen LogP contribution in [0.3, 0.4) is 0 Å². The number of benzene rings is 1. The largest absolute Gasteiger partial charge is 0.349 e. The number of carbonyl (C=O) groups excluding carboxylic acids is 1. The Morgan fingerprint density at radius 3 is 2.36 bits per heavy atom. The van der Waals surface area contributed by atoms with Gasteiger partial charge < -0.3 is 5.73 Å². The van der Waals surface area contributed by atoms with E-state index in [1.807, 2.05) is 0 Å². The van der Waals surface area contributed by atoms with Gasteiger partial charge in [0, 0.05) is 0 Å². The number of nitrogens with two attached hydrogens (primary N) is 1. The first kappa shape index (κ1) is 7.53. The van der Waals surface area contributed by atoms with Crippen molar-refractivity contribution in [3.63, 3.8) is 0 Å². The first-order valence-corrected chi connectivity index (χ1v) is 3.02. The molecule has 1 rings (SSSR count). The third-order valence-electron chi connectivity index (χ3n) is 1.18. The number of para-hydroxylation sites is 1. The van der Waals surface area contributed by atoms with Crippen LogP contribution in [0.15, 0.2) is 30.3 Å². The molecule has 0 spiro atoms. The molecular formula is C7H7FN2O. The van der Waals surface area contributed by atoms with E-state index in [-0.39, 0.29) is 10.8 Å². The maximum absolute atomic E-state index is 12.6. The van der Waals surface area contributed by atoms with E-state index in [1.165, 1.54) is 12.1 Å². The average Bonchev–Trinajstić information content (AvgIpc) is 2.05. The maximum Gasteiger partial charge on any atom is 0.347 e. The third kappa shape index (κ3) is 1.67. The van der Waals surface area contributed by atoms with Crippen molar-refractivity contribution in [3.05, 3.63) is 30.3 Å². The van der Waals surface area contributed by atoms with Gasteiger partial charge in [0.2, 0.25) is 0 Å². The zero-order valence-corrected chi connectivity index (χ0v) is 5.70. The number of halogens is 1. The van der Waals surface area contributed by atoms with Gasteiger partial charge in [-0.05, 0) is 12.1 Å². The van der Waals surface area contributed by atoms with Gasteiger partial charge in [0.25, 0.3) is 0 Å². The molecule has 0 saturated heterocycles. The van der Waals surface area contributed by atoms with Gasteiger partial charge in [-0.15, -0.1) is 5.12 Å². The first-order chi connectivity index (χ1) is 5.22. The normalized spacial score (nSPS) is 9.18. The van der Waals surface area contributed by atoms with Crippen LogP contribution >= 0.6 is 0 Å². The van der Waals surface area contributed by atoms with Crippen LogP contribution in [0.4, 0.5) is 15.0 Å². The van der Waals surface area contributed by atoms with Crippen LogP contribution in [0.25, 0.3) is 0 Å². The van der Waals surface area contributed by atoms with Crippen molar-refractivity contribution in [1.82, 2.24) is 0 Å². The topological polar surface area (TPSA) is 46.3 Å². The number of rotatable bonds is 1. The van der Waals surface area contributed by atoms with Crippen LogP contribution in [0.2, 0.25) is 0 Å². The molecule has 0 aliphatic carbocycles. The van der Waals surface area contributed by atoms with Crippen molar-refractivity contribution in [2.24, 2.45) is 5.73 Å². The van der Waals surface area contributed by atoms with Crippen molar-refractivity contribution in [3.8, 4) is 0 Å². The fourth-order valence-electron chi connectivity index (χ4n) is 0.686. The Morgan fingerprint density at radius 1 is 1.36 bits per heavy atom. The number of carbonyl (C=O) groups is 1. The van der Waals surface area contributed by atoms with Gasteiger partial charge in [-0.1, -0.05) is 22.7 Å². The smallest absolute Gasteiger partial charge is 0.347 e. The highest BCUT2D eigenvalue weighted by molar-refractivity contribution is 5.88. The van der Waals surface area contributed by atoms with Gasteiger partial charge >= 0.3 is 6.03 Å². The summed E-state index contributed by atoms with van der Waals surface area (Å²) in [6.07, 6.45) is 0. The van der Waals surface area contributed by atoms with E-state index in [1.54, 1.807) is 18.2 Å². The van der Waals surface area contributed by atoms with Gasteiger partial charge in [0.1, 0.15) is 0 Å². The van der Waals surface area contributed by atoms with Gasteiger partial charge in [0.15, 0.2) is 0 Å². The maximum atomic E-state index is 12.6. The molecule has 4 heteroatoms. The fraction of sp³-hybridized carbons (Fsp3) is 0. The molecule has 0 radical (unpaired) electrons. The van der Waals surface area contributed by atoms with Gasteiger partial charge in [0.05, 0.1) is 5.69 Å². The Morgan fingerprint density at radius 2 is 1.91 bits per heavy atom. The standard InChI is InChI=1S/C7H7FN2O/c8-10(7(9)11)6-4-2-1-3-5-6/h1-5H,(H2,9,11). The summed E-state index contributed by atoms with van der Waals surface area (Å²) in [6.45, 7) is 0. The number of primary amides is 1. The van der Waals surface area contributed by atoms with E-state index in [2.05, 4.69) is 5.73 Å². The van der Waals surface area contributed by atoms with E-state index in [9.17, 15) is 9.28 Å². The van der Waals surface area contributed by atoms with Crippen LogP contribution in [0.1, 0.15) is 0 Å². The van der Waals surface area contributed by atoms with E-state index >= 15 is 0 Å². The van der Waals surface area contributed by atoms with Crippen molar-refractivity contribution in [2.75, 3.05) is 5.12 Å². The van der Waals surface area contributed by atoms with Crippen LogP contribution in [-0.2, 0) is 0 Å². The highest BCUT2D eigenvalue weighted by Gasteiger charge is 2.08. The lowest BCUT2D eigenvalue weighted by molar-refractivity contribution is 0.241. The summed E-state index contributed by atoms with van der Waals surface area (Å²) in [4.78, 5) is 10.3. The number of hydrogen-bond acceptors (Lipinski definition) is 1. The average molecular weight is 154 g/mol. The molecule has 0 aliphatic rings. The monoisotopic (exact) mass is 154 g/mol. The Hall–Kier alpha value is -1.58. The number of anilines is 1. The van der Waals surface area contributed by atoms with Crippen molar-refractivity contribution < 1.29 is 9.28 Å². The molecule has 0 fully saturated rings. The second kappa shape index (κ2) is 3.01. The zero-order valence-electron chi connectivity index (χ0n) is 5.70. The summed E-state index contributed by atoms with van der Waals surface area (Å²) in [5.41, 5.74) is 4.82. The molecule has 0 heterocycles. The minimum absolute atomic E-state index is 0.111. The quantitative estimate of drug-likeness (QED) is 0.611. The molecule has 11 heavy (non-hydrogen) atoms. The van der Waals surface area contributed by atoms with Gasteiger partial charge in [-0.2, -0.15) is 0 Å². The first-order valence-electron chi connectivity index (χ1n) is 3.02. The molecule has 0 atom stereocenters. The van der Waals surface area contributed by atoms with E-state index in [0.29, 0.717) is 0 Å². The van der Waals surface area contributed by atoms with E-state index in [0.717, 1.165) is 0 Å². The molecule has 0 bridgehead atoms. The third-order valence-corrected chi connectivity index (χ3v) is 1.18. The number of amides is 2. The molecule has 0 aliphatic heterocycles. The van der Waals surface area contributed by atoms with Gasteiger partial charge in [-0.3, -0.25) is 0 Å². The molecule has 0 unspecified atom stereocenters. The summed E-state index contributed by atoms with van der Waals surface area (Å²) in [5.74, 6) is 0. The molecule has 58 valence electrons. The lowest BCUT2D eigenvalue weighted by Crippen LogP contribution is -2.27. The second-order valence-electron chi connectivity index (χ2n) is 1.95.